The maximum absolute atomic E-state index is 11.6. The first kappa shape index (κ1) is 33.5. The maximum atomic E-state index is 11.6. The van der Waals surface area contributed by atoms with Gasteiger partial charge in [0.2, 0.25) is 0 Å². The first-order chi connectivity index (χ1) is 16.1. The van der Waals surface area contributed by atoms with E-state index in [9.17, 15) is 27.6 Å². The Morgan fingerprint density at radius 2 is 1.20 bits per heavy atom. The Morgan fingerprint density at radius 3 is 1.51 bits per heavy atom. The Labute approximate surface area is 228 Å². The van der Waals surface area contributed by atoms with E-state index in [4.69, 9.17) is 14.0 Å². The quantitative estimate of drug-likeness (QED) is 0.160. The fraction of sp³-hybridized carbons (Fsp3) is 0.727. The van der Waals surface area contributed by atoms with Crippen LogP contribution in [0.4, 0.5) is 0 Å². The SMILES string of the molecule is COC(=O)CC(C(=O)OC)S(=O)(=O)O.O=C(/C=C\C(=O)OC1CCCCC1)OC1CCCCC1.[NaH]. The molecule has 196 valence electrons. The van der Waals surface area contributed by atoms with Crippen molar-refractivity contribution in [1.29, 1.82) is 0 Å². The number of rotatable bonds is 8. The van der Waals surface area contributed by atoms with Crippen LogP contribution >= 0.6 is 0 Å². The molecule has 1 N–H and O–H groups in total. The second kappa shape index (κ2) is 17.9. The molecule has 0 aromatic heterocycles. The number of carbonyl (C=O) groups is 4. The van der Waals surface area contributed by atoms with Crippen molar-refractivity contribution in [3.63, 3.8) is 0 Å². The average molecular weight is 531 g/mol. The van der Waals surface area contributed by atoms with Gasteiger partial charge in [0.05, 0.1) is 20.6 Å². The van der Waals surface area contributed by atoms with E-state index in [1.54, 1.807) is 0 Å². The molecule has 2 fully saturated rings. The van der Waals surface area contributed by atoms with Crippen molar-refractivity contribution in [2.75, 3.05) is 14.2 Å². The van der Waals surface area contributed by atoms with Crippen molar-refractivity contribution in [2.45, 2.75) is 88.1 Å². The van der Waals surface area contributed by atoms with Crippen LogP contribution in [-0.4, -0.2) is 98.1 Å². The summed E-state index contributed by atoms with van der Waals surface area (Å²) in [6.07, 6.45) is 12.3. The van der Waals surface area contributed by atoms with Crippen LogP contribution in [0.3, 0.4) is 0 Å². The van der Waals surface area contributed by atoms with Gasteiger partial charge in [-0.2, -0.15) is 8.42 Å². The molecule has 0 saturated heterocycles. The summed E-state index contributed by atoms with van der Waals surface area (Å²) in [6, 6.07) is 0. The van der Waals surface area contributed by atoms with Crippen molar-refractivity contribution >= 4 is 63.6 Å². The van der Waals surface area contributed by atoms with Crippen LogP contribution in [-0.2, 0) is 48.2 Å². The van der Waals surface area contributed by atoms with Crippen molar-refractivity contribution in [2.24, 2.45) is 0 Å². The molecule has 2 aliphatic rings. The standard InChI is InChI=1S/C16H24O4.C6H10O7S.Na.H/c17-15(19-13-7-3-1-4-8-13)11-12-16(18)20-14-9-5-2-6-10-14;1-12-5(7)3-4(6(8)13-2)14(9,10)11;;/h11-14H,1-10H2;4H,3H2,1-2H3,(H,9,10,11);;/b12-11-;;;. The van der Waals surface area contributed by atoms with Gasteiger partial charge in [0.15, 0.2) is 5.25 Å². The van der Waals surface area contributed by atoms with Crippen molar-refractivity contribution < 1.29 is 51.1 Å². The van der Waals surface area contributed by atoms with E-state index in [0.717, 1.165) is 65.6 Å². The fourth-order valence-corrected chi connectivity index (χ4v) is 4.27. The first-order valence-corrected chi connectivity index (χ1v) is 12.8. The number of methoxy groups -OCH3 is 2. The molecule has 0 aliphatic heterocycles. The molecule has 1 atom stereocenters. The van der Waals surface area contributed by atoms with Crippen molar-refractivity contribution in [3.8, 4) is 0 Å². The zero-order valence-corrected chi connectivity index (χ0v) is 20.4. The van der Waals surface area contributed by atoms with Crippen LogP contribution in [0.5, 0.6) is 0 Å². The van der Waals surface area contributed by atoms with E-state index < -0.39 is 45.7 Å². The van der Waals surface area contributed by atoms with Gasteiger partial charge in [0.1, 0.15) is 12.2 Å². The normalized spacial score (nSPS) is 17.7. The summed E-state index contributed by atoms with van der Waals surface area (Å²) < 4.78 is 48.7. The molecule has 13 heteroatoms. The molecule has 2 saturated carbocycles. The monoisotopic (exact) mass is 530 g/mol. The summed E-state index contributed by atoms with van der Waals surface area (Å²) in [4.78, 5) is 44.7. The van der Waals surface area contributed by atoms with Crippen LogP contribution in [0.2, 0.25) is 0 Å². The topological polar surface area (TPSA) is 160 Å². The molecule has 0 aromatic rings. The summed E-state index contributed by atoms with van der Waals surface area (Å²) in [5.74, 6) is -3.01. The number of carbonyl (C=O) groups excluding carboxylic acids is 4. The molecular formula is C22H35NaO11S. The van der Waals surface area contributed by atoms with Gasteiger partial charge >= 0.3 is 53.4 Å². The van der Waals surface area contributed by atoms with Crippen LogP contribution in [0.15, 0.2) is 12.2 Å². The summed E-state index contributed by atoms with van der Waals surface area (Å²) in [5.41, 5.74) is 0. The summed E-state index contributed by atoms with van der Waals surface area (Å²) in [7, 11) is -2.69. The second-order valence-corrected chi connectivity index (χ2v) is 9.63. The molecule has 35 heavy (non-hydrogen) atoms. The van der Waals surface area contributed by atoms with Crippen LogP contribution in [0.1, 0.15) is 70.6 Å². The molecule has 0 bridgehead atoms. The predicted octanol–water partition coefficient (Wildman–Crippen LogP) is 1.62. The molecule has 0 amide bonds. The average Bonchev–Trinajstić information content (AvgIpc) is 2.81. The first-order valence-electron chi connectivity index (χ1n) is 11.3. The van der Waals surface area contributed by atoms with Crippen LogP contribution in [0, 0.1) is 0 Å². The van der Waals surface area contributed by atoms with Gasteiger partial charge in [-0.15, -0.1) is 0 Å². The van der Waals surface area contributed by atoms with Gasteiger partial charge in [0.25, 0.3) is 10.1 Å². The van der Waals surface area contributed by atoms with Gasteiger partial charge in [-0.05, 0) is 51.4 Å². The summed E-state index contributed by atoms with van der Waals surface area (Å²) >= 11 is 0. The van der Waals surface area contributed by atoms with E-state index in [2.05, 4.69) is 9.47 Å². The van der Waals surface area contributed by atoms with E-state index in [0.29, 0.717) is 0 Å². The third-order valence-electron chi connectivity index (χ3n) is 5.43. The third kappa shape index (κ3) is 14.6. The molecule has 0 radical (unpaired) electrons. The third-order valence-corrected chi connectivity index (χ3v) is 6.51. The Hall–Kier alpha value is -1.47. The molecule has 1 unspecified atom stereocenters. The van der Waals surface area contributed by atoms with Crippen LogP contribution < -0.4 is 0 Å². The number of hydrogen-bond donors (Lipinski definition) is 1. The van der Waals surface area contributed by atoms with E-state index in [1.165, 1.54) is 25.0 Å². The minimum absolute atomic E-state index is 0. The number of hydrogen-bond acceptors (Lipinski definition) is 10. The molecule has 2 rings (SSSR count). The minimum atomic E-state index is -4.66. The molecule has 2 aliphatic carbocycles. The summed E-state index contributed by atoms with van der Waals surface area (Å²) in [6.45, 7) is 0. The number of esters is 4. The van der Waals surface area contributed by atoms with Crippen molar-refractivity contribution in [3.05, 3.63) is 12.2 Å². The second-order valence-electron chi connectivity index (χ2n) is 8.03. The summed E-state index contributed by atoms with van der Waals surface area (Å²) in [5, 5.41) is -1.93. The van der Waals surface area contributed by atoms with Gasteiger partial charge in [-0.25, -0.2) is 9.59 Å². The van der Waals surface area contributed by atoms with E-state index in [1.807, 2.05) is 0 Å². The zero-order chi connectivity index (χ0) is 25.6. The molecule has 11 nitrogen and oxygen atoms in total. The van der Waals surface area contributed by atoms with E-state index >= 15 is 0 Å². The molecule has 0 aromatic carbocycles. The Kier molecular flexibility index (Phi) is 17.1. The molecular weight excluding hydrogens is 495 g/mol. The van der Waals surface area contributed by atoms with Crippen molar-refractivity contribution in [1.82, 2.24) is 0 Å². The van der Waals surface area contributed by atoms with Gasteiger partial charge in [-0.1, -0.05) is 12.8 Å². The zero-order valence-electron chi connectivity index (χ0n) is 19.6. The Balaban J connectivity index is 0.000000686. The van der Waals surface area contributed by atoms with Gasteiger partial charge < -0.3 is 18.9 Å². The number of ether oxygens (including phenoxy) is 4. The van der Waals surface area contributed by atoms with Crippen LogP contribution in [0.25, 0.3) is 0 Å². The molecule has 0 heterocycles. The van der Waals surface area contributed by atoms with Gasteiger partial charge in [0, 0.05) is 12.2 Å². The Bertz CT molecular complexity index is 779. The van der Waals surface area contributed by atoms with E-state index in [-0.39, 0.29) is 41.8 Å². The predicted molar refractivity (Wildman–Crippen MR) is 126 cm³/mol. The fourth-order valence-electron chi connectivity index (χ4n) is 3.59. The Morgan fingerprint density at radius 1 is 0.800 bits per heavy atom. The van der Waals surface area contributed by atoms with Gasteiger partial charge in [-0.3, -0.25) is 14.1 Å². The molecule has 0 spiro atoms.